The van der Waals surface area contributed by atoms with Crippen molar-refractivity contribution in [1.82, 2.24) is 45.9 Å². The van der Waals surface area contributed by atoms with Crippen LogP contribution < -0.4 is 16.0 Å². The highest BCUT2D eigenvalue weighted by Gasteiger charge is 2.61. The van der Waals surface area contributed by atoms with Crippen LogP contribution in [0.3, 0.4) is 0 Å². The Balaban J connectivity index is 1.31. The number of hydrogen-bond donors (Lipinski definition) is 3. The lowest BCUT2D eigenvalue weighted by Gasteiger charge is -2.34. The van der Waals surface area contributed by atoms with Crippen LogP contribution in [-0.2, 0) is 15.1 Å². The number of halogens is 2. The van der Waals surface area contributed by atoms with E-state index in [9.17, 15) is 14.4 Å². The lowest BCUT2D eigenvalue weighted by atomic mass is 9.89. The van der Waals surface area contributed by atoms with Gasteiger partial charge in [-0.2, -0.15) is 9.78 Å². The number of piperidine rings is 1. The molecule has 3 N–H and O–H groups in total. The summed E-state index contributed by atoms with van der Waals surface area (Å²) in [5, 5.41) is 29.4. The quantitative estimate of drug-likeness (QED) is 0.222. The predicted molar refractivity (Wildman–Crippen MR) is 178 cm³/mol. The number of ether oxygens (including phenoxy) is 1. The molecule has 4 amide bonds. The molecule has 16 heteroatoms. The number of aromatic nitrogens is 6. The zero-order valence-corrected chi connectivity index (χ0v) is 27.6. The first-order valence-electron chi connectivity index (χ1n) is 15.2. The van der Waals surface area contributed by atoms with E-state index in [0.717, 1.165) is 18.4 Å². The van der Waals surface area contributed by atoms with Gasteiger partial charge in [-0.05, 0) is 89.6 Å². The van der Waals surface area contributed by atoms with E-state index in [1.165, 1.54) is 24.2 Å². The standard InChI is InChI=1S/C32H32Cl2N10O4/c1-35-30(46)43-13-3-4-21(17-43)25-16-32(25,38-28(45)12-7-20-14-22(33)8-11-26(20)44-18-36-41-42-44)27-15-24(29(34)40-39-27)19-5-9-23(10-6-19)37-31(47)48-2/h5-12,14-15,18,21,25H,3-4,13,16-17H2,1-2H3,(H,35,46)(H,37,47)(H,38,45)/b12-7+. The van der Waals surface area contributed by atoms with Crippen molar-refractivity contribution in [2.75, 3.05) is 32.6 Å². The van der Waals surface area contributed by atoms with Crippen molar-refractivity contribution in [3.05, 3.63) is 82.4 Å². The summed E-state index contributed by atoms with van der Waals surface area (Å²) in [5.74, 6) is -0.250. The van der Waals surface area contributed by atoms with E-state index in [1.54, 1.807) is 55.6 Å². The summed E-state index contributed by atoms with van der Waals surface area (Å²) in [4.78, 5) is 39.6. The van der Waals surface area contributed by atoms with E-state index in [1.807, 2.05) is 11.0 Å². The fraction of sp³-hybridized carbons (Fsp3) is 0.312. The number of likely N-dealkylation sites (tertiary alicyclic amines) is 1. The van der Waals surface area contributed by atoms with E-state index < -0.39 is 11.6 Å². The second kappa shape index (κ2) is 14.0. The summed E-state index contributed by atoms with van der Waals surface area (Å²) in [6, 6.07) is 13.9. The summed E-state index contributed by atoms with van der Waals surface area (Å²) in [5.41, 5.74) is 2.88. The van der Waals surface area contributed by atoms with Crippen LogP contribution in [0.25, 0.3) is 22.9 Å². The molecule has 2 aromatic carbocycles. The highest BCUT2D eigenvalue weighted by Crippen LogP contribution is 2.57. The van der Waals surface area contributed by atoms with Crippen molar-refractivity contribution in [3.63, 3.8) is 0 Å². The molecule has 4 aromatic rings. The van der Waals surface area contributed by atoms with E-state index in [-0.39, 0.29) is 28.9 Å². The largest absolute Gasteiger partial charge is 0.453 e. The molecule has 0 radical (unpaired) electrons. The Morgan fingerprint density at radius 3 is 2.62 bits per heavy atom. The average molecular weight is 692 g/mol. The van der Waals surface area contributed by atoms with Crippen LogP contribution in [0.5, 0.6) is 0 Å². The minimum absolute atomic E-state index is 0.0137. The first kappa shape index (κ1) is 32.8. The third kappa shape index (κ3) is 6.94. The monoisotopic (exact) mass is 690 g/mol. The average Bonchev–Trinajstić information content (AvgIpc) is 3.56. The van der Waals surface area contributed by atoms with Gasteiger partial charge in [0.2, 0.25) is 5.91 Å². The Bertz CT molecular complexity index is 1850. The Labute approximate surface area is 285 Å². The number of urea groups is 1. The fourth-order valence-corrected chi connectivity index (χ4v) is 6.69. The molecule has 2 fully saturated rings. The topological polar surface area (TPSA) is 169 Å². The number of amides is 4. The summed E-state index contributed by atoms with van der Waals surface area (Å²) in [6.07, 6.45) is 6.30. The number of rotatable bonds is 8. The van der Waals surface area contributed by atoms with Crippen molar-refractivity contribution in [1.29, 1.82) is 0 Å². The number of hydrogen-bond acceptors (Lipinski definition) is 9. The maximum atomic E-state index is 13.7. The molecule has 2 aliphatic rings. The summed E-state index contributed by atoms with van der Waals surface area (Å²) >= 11 is 12.8. The summed E-state index contributed by atoms with van der Waals surface area (Å²) < 4.78 is 6.15. The number of anilines is 1. The Morgan fingerprint density at radius 1 is 1.08 bits per heavy atom. The van der Waals surface area contributed by atoms with Gasteiger partial charge in [0, 0.05) is 48.1 Å². The van der Waals surface area contributed by atoms with Crippen molar-refractivity contribution < 1.29 is 19.1 Å². The van der Waals surface area contributed by atoms with Crippen molar-refractivity contribution in [2.45, 2.75) is 24.8 Å². The first-order valence-corrected chi connectivity index (χ1v) is 15.9. The second-order valence-corrected chi connectivity index (χ2v) is 12.4. The normalized spacial score (nSPS) is 20.3. The molecular weight excluding hydrogens is 659 g/mol. The number of tetrazole rings is 1. The molecule has 1 aliphatic carbocycles. The van der Waals surface area contributed by atoms with Crippen LogP contribution in [0.1, 0.15) is 30.5 Å². The minimum atomic E-state index is -0.858. The molecule has 0 bridgehead atoms. The number of nitrogens with zero attached hydrogens (tertiary/aromatic N) is 7. The van der Waals surface area contributed by atoms with Gasteiger partial charge in [0.1, 0.15) is 6.33 Å². The predicted octanol–water partition coefficient (Wildman–Crippen LogP) is 4.70. The van der Waals surface area contributed by atoms with Crippen molar-refractivity contribution >= 4 is 53.0 Å². The lowest BCUT2D eigenvalue weighted by molar-refractivity contribution is -0.117. The molecule has 248 valence electrons. The zero-order chi connectivity index (χ0) is 33.8. The van der Waals surface area contributed by atoms with Gasteiger partial charge in [-0.25, -0.2) is 9.59 Å². The zero-order valence-electron chi connectivity index (χ0n) is 26.1. The van der Waals surface area contributed by atoms with Crippen LogP contribution in [-0.4, -0.2) is 80.6 Å². The van der Waals surface area contributed by atoms with Gasteiger partial charge in [-0.15, -0.1) is 10.2 Å². The highest BCUT2D eigenvalue weighted by molar-refractivity contribution is 6.32. The second-order valence-electron chi connectivity index (χ2n) is 11.6. The number of nitrogens with one attached hydrogen (secondary N) is 3. The van der Waals surface area contributed by atoms with Crippen molar-refractivity contribution in [3.8, 4) is 16.8 Å². The Kier molecular flexibility index (Phi) is 9.55. The van der Waals surface area contributed by atoms with E-state index in [2.05, 4.69) is 46.4 Å². The lowest BCUT2D eigenvalue weighted by Crippen LogP contribution is -2.46. The Morgan fingerprint density at radius 2 is 1.90 bits per heavy atom. The molecule has 3 unspecified atom stereocenters. The highest BCUT2D eigenvalue weighted by atomic mass is 35.5. The molecule has 2 aromatic heterocycles. The minimum Gasteiger partial charge on any atom is -0.453 e. The Hall–Kier alpha value is -5.08. The molecule has 14 nitrogen and oxygen atoms in total. The molecule has 1 saturated carbocycles. The van der Waals surface area contributed by atoms with E-state index in [0.29, 0.717) is 52.7 Å². The van der Waals surface area contributed by atoms with Gasteiger partial charge in [0.05, 0.1) is 24.0 Å². The fourth-order valence-electron chi connectivity index (χ4n) is 6.31. The molecule has 6 rings (SSSR count). The van der Waals surface area contributed by atoms with Gasteiger partial charge in [0.15, 0.2) is 5.15 Å². The summed E-state index contributed by atoms with van der Waals surface area (Å²) in [7, 11) is 2.91. The number of carbonyl (C=O) groups is 3. The van der Waals surface area contributed by atoms with E-state index >= 15 is 0 Å². The van der Waals surface area contributed by atoms with Crippen LogP contribution in [0, 0.1) is 11.8 Å². The summed E-state index contributed by atoms with van der Waals surface area (Å²) in [6.45, 7) is 1.22. The van der Waals surface area contributed by atoms with Crippen LogP contribution in [0.4, 0.5) is 15.3 Å². The number of carbonyl (C=O) groups excluding carboxylic acids is 3. The van der Waals surface area contributed by atoms with Gasteiger partial charge >= 0.3 is 12.1 Å². The molecule has 1 aliphatic heterocycles. The number of benzene rings is 2. The van der Waals surface area contributed by atoms with Gasteiger partial charge in [0.25, 0.3) is 0 Å². The van der Waals surface area contributed by atoms with Gasteiger partial charge in [-0.1, -0.05) is 35.3 Å². The van der Waals surface area contributed by atoms with Crippen molar-refractivity contribution in [2.24, 2.45) is 11.8 Å². The smallest absolute Gasteiger partial charge is 0.411 e. The molecule has 48 heavy (non-hydrogen) atoms. The maximum absolute atomic E-state index is 13.7. The molecule has 0 spiro atoms. The van der Waals surface area contributed by atoms with Crippen LogP contribution in [0.2, 0.25) is 10.2 Å². The van der Waals surface area contributed by atoms with E-state index in [4.69, 9.17) is 23.2 Å². The van der Waals surface area contributed by atoms with Gasteiger partial charge < -0.3 is 20.3 Å². The molecule has 1 saturated heterocycles. The maximum Gasteiger partial charge on any atom is 0.411 e. The van der Waals surface area contributed by atoms with Crippen LogP contribution in [0.15, 0.2) is 60.9 Å². The molecule has 3 atom stereocenters. The van der Waals surface area contributed by atoms with Gasteiger partial charge in [-0.3, -0.25) is 10.1 Å². The van der Waals surface area contributed by atoms with Crippen LogP contribution >= 0.6 is 23.2 Å². The molecule has 3 heterocycles. The third-order valence-electron chi connectivity index (χ3n) is 8.72. The SMILES string of the molecule is CNC(=O)N1CCCC(C2CC2(NC(=O)/C=C/c2cc(Cl)ccc2-n2cnnn2)c2cc(-c3ccc(NC(=O)OC)cc3)c(Cl)nn2)C1. The third-order valence-corrected chi connectivity index (χ3v) is 9.24. The first-order chi connectivity index (χ1) is 23.2. The number of methoxy groups -OCH3 is 1. The molecular formula is C32H32Cl2N10O4.